The van der Waals surface area contributed by atoms with E-state index in [1.54, 1.807) is 36.4 Å². The van der Waals surface area contributed by atoms with Crippen molar-refractivity contribution in [2.45, 2.75) is 13.8 Å². The highest BCUT2D eigenvalue weighted by atomic mass is 79.9. The summed E-state index contributed by atoms with van der Waals surface area (Å²) in [6.07, 6.45) is 0. The Kier molecular flexibility index (Phi) is 10.1. The fourth-order valence-electron chi connectivity index (χ4n) is 3.81. The second-order valence-corrected chi connectivity index (χ2v) is 11.5. The van der Waals surface area contributed by atoms with Crippen LogP contribution in [-0.4, -0.2) is 25.0 Å². The number of amides is 2. The van der Waals surface area contributed by atoms with E-state index in [1.165, 1.54) is 0 Å². The summed E-state index contributed by atoms with van der Waals surface area (Å²) in [6.45, 7) is 3.57. The number of halogens is 4. The molecule has 0 saturated heterocycles. The summed E-state index contributed by atoms with van der Waals surface area (Å²) in [7, 11) is 0. The summed E-state index contributed by atoms with van der Waals surface area (Å²) in [6, 6.07) is 21.8. The van der Waals surface area contributed by atoms with Crippen LogP contribution in [0.1, 0.15) is 11.1 Å². The highest BCUT2D eigenvalue weighted by Crippen LogP contribution is 2.30. The fraction of sp³-hybridized carbons (Fsp3) is 0.133. The molecule has 0 aliphatic rings. The number of carbonyl (C=O) groups is 2. The van der Waals surface area contributed by atoms with Gasteiger partial charge in [0, 0.05) is 21.4 Å². The van der Waals surface area contributed by atoms with Crippen molar-refractivity contribution in [3.05, 3.63) is 103 Å². The first-order chi connectivity index (χ1) is 19.1. The van der Waals surface area contributed by atoms with Crippen LogP contribution in [0.15, 0.2) is 81.7 Å². The summed E-state index contributed by atoms with van der Waals surface area (Å²) < 4.78 is 12.5. The average molecular weight is 707 g/mol. The summed E-state index contributed by atoms with van der Waals surface area (Å²) in [4.78, 5) is 24.9. The van der Waals surface area contributed by atoms with Crippen LogP contribution in [0.4, 0.5) is 11.4 Å². The van der Waals surface area contributed by atoms with E-state index in [0.717, 1.165) is 22.3 Å². The van der Waals surface area contributed by atoms with Crippen molar-refractivity contribution in [3.8, 4) is 22.6 Å². The van der Waals surface area contributed by atoms with Gasteiger partial charge in [-0.3, -0.25) is 9.59 Å². The van der Waals surface area contributed by atoms with Crippen molar-refractivity contribution in [2.24, 2.45) is 0 Å². The van der Waals surface area contributed by atoms with Crippen LogP contribution >= 0.6 is 55.1 Å². The largest absolute Gasteiger partial charge is 0.483 e. The van der Waals surface area contributed by atoms with Crippen molar-refractivity contribution in [1.29, 1.82) is 0 Å². The SMILES string of the molecule is Cc1cc(-c2ccc(NC(=O)COc3ccc(Cl)cc3Br)c(C)c2)ccc1NC(=O)COc1ccc(Cl)cc1Br. The Morgan fingerprint density at radius 1 is 0.650 bits per heavy atom. The molecule has 206 valence electrons. The first kappa shape index (κ1) is 29.9. The quantitative estimate of drug-likeness (QED) is 0.182. The van der Waals surface area contributed by atoms with Gasteiger partial charge in [-0.15, -0.1) is 0 Å². The van der Waals surface area contributed by atoms with Gasteiger partial charge >= 0.3 is 0 Å². The third-order valence-electron chi connectivity index (χ3n) is 5.84. The lowest BCUT2D eigenvalue weighted by atomic mass is 10.00. The van der Waals surface area contributed by atoms with Gasteiger partial charge < -0.3 is 20.1 Å². The van der Waals surface area contributed by atoms with Crippen molar-refractivity contribution in [2.75, 3.05) is 23.8 Å². The zero-order valence-corrected chi connectivity index (χ0v) is 26.2. The summed E-state index contributed by atoms with van der Waals surface area (Å²) in [5, 5.41) is 6.92. The lowest BCUT2D eigenvalue weighted by molar-refractivity contribution is -0.118. The second kappa shape index (κ2) is 13.5. The number of carbonyl (C=O) groups excluding carboxylic acids is 2. The molecule has 0 bridgehead atoms. The van der Waals surface area contributed by atoms with E-state index in [0.29, 0.717) is 41.9 Å². The molecule has 10 heteroatoms. The number of rotatable bonds is 9. The Morgan fingerprint density at radius 3 is 1.40 bits per heavy atom. The summed E-state index contributed by atoms with van der Waals surface area (Å²) in [5.41, 5.74) is 5.15. The Bertz CT molecular complexity index is 1460. The third kappa shape index (κ3) is 8.01. The monoisotopic (exact) mass is 704 g/mol. The van der Waals surface area contributed by atoms with Crippen LogP contribution < -0.4 is 20.1 Å². The molecule has 40 heavy (non-hydrogen) atoms. The van der Waals surface area contributed by atoms with Crippen molar-refractivity contribution < 1.29 is 19.1 Å². The number of ether oxygens (including phenoxy) is 2. The van der Waals surface area contributed by atoms with Gasteiger partial charge in [-0.2, -0.15) is 0 Å². The molecule has 0 radical (unpaired) electrons. The number of hydrogen-bond acceptors (Lipinski definition) is 4. The zero-order chi connectivity index (χ0) is 28.8. The van der Waals surface area contributed by atoms with Gasteiger partial charge in [0.2, 0.25) is 0 Å². The molecule has 4 aromatic carbocycles. The maximum Gasteiger partial charge on any atom is 0.262 e. The van der Waals surface area contributed by atoms with Gasteiger partial charge in [0.15, 0.2) is 13.2 Å². The first-order valence-corrected chi connectivity index (χ1v) is 14.4. The van der Waals surface area contributed by atoms with Gasteiger partial charge in [-0.1, -0.05) is 35.3 Å². The van der Waals surface area contributed by atoms with Crippen molar-refractivity contribution >= 4 is 78.3 Å². The highest BCUT2D eigenvalue weighted by molar-refractivity contribution is 9.11. The van der Waals surface area contributed by atoms with Crippen LogP contribution in [0.3, 0.4) is 0 Å². The van der Waals surface area contributed by atoms with Gasteiger partial charge in [0.25, 0.3) is 11.8 Å². The number of benzene rings is 4. The van der Waals surface area contributed by atoms with Gasteiger partial charge in [-0.25, -0.2) is 0 Å². The van der Waals surface area contributed by atoms with Crippen molar-refractivity contribution in [1.82, 2.24) is 0 Å². The smallest absolute Gasteiger partial charge is 0.262 e. The lowest BCUT2D eigenvalue weighted by Crippen LogP contribution is -2.20. The molecule has 0 fully saturated rings. The molecule has 2 amide bonds. The molecule has 4 aromatic rings. The minimum Gasteiger partial charge on any atom is -0.483 e. The van der Waals surface area contributed by atoms with E-state index in [9.17, 15) is 9.59 Å². The molecule has 0 spiro atoms. The predicted octanol–water partition coefficient (Wildman–Crippen LogP) is 8.84. The van der Waals surface area contributed by atoms with E-state index in [2.05, 4.69) is 42.5 Å². The lowest BCUT2D eigenvalue weighted by Gasteiger charge is -2.14. The maximum atomic E-state index is 12.5. The van der Waals surface area contributed by atoms with E-state index in [-0.39, 0.29) is 25.0 Å². The number of hydrogen-bond donors (Lipinski definition) is 2. The topological polar surface area (TPSA) is 76.7 Å². The standard InChI is InChI=1S/C30H24Br2Cl2N2O4/c1-17-11-19(3-7-25(17)35-29(37)15-39-27-9-5-21(33)13-23(27)31)20-4-8-26(18(2)12-20)36-30(38)16-40-28-10-6-22(34)14-24(28)32/h3-14H,15-16H2,1-2H3,(H,35,37)(H,36,38). The minimum absolute atomic E-state index is 0.143. The van der Waals surface area contributed by atoms with Crippen LogP contribution in [0.5, 0.6) is 11.5 Å². The number of nitrogens with one attached hydrogen (secondary N) is 2. The normalized spacial score (nSPS) is 10.7. The number of aryl methyl sites for hydroxylation is 2. The Morgan fingerprint density at radius 2 is 1.05 bits per heavy atom. The first-order valence-electron chi connectivity index (χ1n) is 12.1. The zero-order valence-electron chi connectivity index (χ0n) is 21.5. The van der Waals surface area contributed by atoms with Crippen LogP contribution in [0, 0.1) is 13.8 Å². The average Bonchev–Trinajstić information content (AvgIpc) is 2.90. The van der Waals surface area contributed by atoms with Crippen molar-refractivity contribution in [3.63, 3.8) is 0 Å². The van der Waals surface area contributed by atoms with Gasteiger partial charge in [-0.05, 0) is 129 Å². The molecular weight excluding hydrogens is 683 g/mol. The molecule has 0 aliphatic carbocycles. The predicted molar refractivity (Wildman–Crippen MR) is 168 cm³/mol. The number of anilines is 2. The van der Waals surface area contributed by atoms with E-state index in [4.69, 9.17) is 32.7 Å². The second-order valence-electron chi connectivity index (χ2n) is 8.88. The highest BCUT2D eigenvalue weighted by Gasteiger charge is 2.12. The molecule has 0 atom stereocenters. The van der Waals surface area contributed by atoms with E-state index >= 15 is 0 Å². The van der Waals surface area contributed by atoms with Crippen LogP contribution in [0.25, 0.3) is 11.1 Å². The molecular formula is C30H24Br2Cl2N2O4. The molecule has 2 N–H and O–H groups in total. The Balaban J connectivity index is 1.34. The molecule has 0 saturated carbocycles. The minimum atomic E-state index is -0.277. The van der Waals surface area contributed by atoms with E-state index in [1.807, 2.05) is 50.2 Å². The van der Waals surface area contributed by atoms with Crippen LogP contribution in [0.2, 0.25) is 10.0 Å². The summed E-state index contributed by atoms with van der Waals surface area (Å²) >= 11 is 18.6. The van der Waals surface area contributed by atoms with E-state index < -0.39 is 0 Å². The maximum absolute atomic E-state index is 12.5. The molecule has 0 aliphatic heterocycles. The molecule has 0 aromatic heterocycles. The molecule has 0 heterocycles. The Hall–Kier alpha value is -3.04. The Labute approximate surface area is 259 Å². The van der Waals surface area contributed by atoms with Gasteiger partial charge in [0.1, 0.15) is 11.5 Å². The summed E-state index contributed by atoms with van der Waals surface area (Å²) in [5.74, 6) is 0.509. The molecule has 0 unspecified atom stereocenters. The molecule has 4 rings (SSSR count). The third-order valence-corrected chi connectivity index (χ3v) is 7.55. The fourth-order valence-corrected chi connectivity index (χ4v) is 5.40. The van der Waals surface area contributed by atoms with Gasteiger partial charge in [0.05, 0.1) is 8.95 Å². The van der Waals surface area contributed by atoms with Crippen LogP contribution in [-0.2, 0) is 9.59 Å². The molecule has 6 nitrogen and oxygen atoms in total.